The fourth-order valence-electron chi connectivity index (χ4n) is 3.19. The van der Waals surface area contributed by atoms with Gasteiger partial charge in [0, 0.05) is 12.6 Å². The Hall–Kier alpha value is -1.43. The van der Waals surface area contributed by atoms with Crippen LogP contribution in [0.2, 0.25) is 0 Å². The highest BCUT2D eigenvalue weighted by Gasteiger charge is 2.39. The van der Waals surface area contributed by atoms with Crippen molar-refractivity contribution >= 4 is 17.8 Å². The molecule has 0 aromatic carbocycles. The maximum atomic E-state index is 12.0. The van der Waals surface area contributed by atoms with Gasteiger partial charge in [-0.25, -0.2) is 0 Å². The molecular formula is C15H24N2O4. The first kappa shape index (κ1) is 15.9. The van der Waals surface area contributed by atoms with Crippen molar-refractivity contribution in [2.75, 3.05) is 13.2 Å². The first-order valence-corrected chi connectivity index (χ1v) is 7.83. The number of ether oxygens (including phenoxy) is 1. The van der Waals surface area contributed by atoms with Gasteiger partial charge in [0.25, 0.3) is 0 Å². The molecule has 6 heteroatoms. The average molecular weight is 296 g/mol. The van der Waals surface area contributed by atoms with E-state index in [9.17, 15) is 14.4 Å². The van der Waals surface area contributed by atoms with Gasteiger partial charge in [0.15, 0.2) is 0 Å². The van der Waals surface area contributed by atoms with Gasteiger partial charge in [0.05, 0.1) is 25.0 Å². The van der Waals surface area contributed by atoms with Crippen LogP contribution >= 0.6 is 0 Å². The Morgan fingerprint density at radius 2 is 1.90 bits per heavy atom. The van der Waals surface area contributed by atoms with Crippen molar-refractivity contribution in [2.45, 2.75) is 58.0 Å². The SMILES string of the molecule is CCOC(=O)C1CCC(NC2CC(=O)N(CC)C2=O)CC1. The quantitative estimate of drug-likeness (QED) is 0.601. The molecule has 118 valence electrons. The van der Waals surface area contributed by atoms with Crippen LogP contribution in [0.3, 0.4) is 0 Å². The summed E-state index contributed by atoms with van der Waals surface area (Å²) < 4.78 is 5.04. The molecule has 1 saturated heterocycles. The van der Waals surface area contributed by atoms with Crippen LogP contribution in [-0.4, -0.2) is 47.9 Å². The summed E-state index contributed by atoms with van der Waals surface area (Å²) in [5.74, 6) is -0.341. The topological polar surface area (TPSA) is 75.7 Å². The van der Waals surface area contributed by atoms with Gasteiger partial charge in [-0.15, -0.1) is 0 Å². The van der Waals surface area contributed by atoms with Crippen molar-refractivity contribution in [1.82, 2.24) is 10.2 Å². The number of hydrogen-bond donors (Lipinski definition) is 1. The Balaban J connectivity index is 1.80. The van der Waals surface area contributed by atoms with Crippen LogP contribution in [-0.2, 0) is 19.1 Å². The second kappa shape index (κ2) is 7.02. The number of hydrogen-bond acceptors (Lipinski definition) is 5. The van der Waals surface area contributed by atoms with Crippen molar-refractivity contribution < 1.29 is 19.1 Å². The lowest BCUT2D eigenvalue weighted by Gasteiger charge is -2.29. The average Bonchev–Trinajstić information content (AvgIpc) is 2.74. The summed E-state index contributed by atoms with van der Waals surface area (Å²) in [6.07, 6.45) is 3.50. The standard InChI is InChI=1S/C15H24N2O4/c1-3-17-13(18)9-12(14(17)19)16-11-7-5-10(6-8-11)15(20)21-4-2/h10-12,16H,3-9H2,1-2H3. The summed E-state index contributed by atoms with van der Waals surface area (Å²) in [4.78, 5) is 36.7. The first-order chi connectivity index (χ1) is 10.1. The van der Waals surface area contributed by atoms with Crippen molar-refractivity contribution in [3.8, 4) is 0 Å². The predicted molar refractivity (Wildman–Crippen MR) is 76.3 cm³/mol. The van der Waals surface area contributed by atoms with E-state index in [1.165, 1.54) is 4.90 Å². The molecule has 1 aliphatic carbocycles. The molecule has 1 heterocycles. The van der Waals surface area contributed by atoms with E-state index in [0.717, 1.165) is 25.7 Å². The molecule has 1 saturated carbocycles. The number of amides is 2. The minimum Gasteiger partial charge on any atom is -0.466 e. The van der Waals surface area contributed by atoms with Crippen LogP contribution < -0.4 is 5.32 Å². The van der Waals surface area contributed by atoms with E-state index < -0.39 is 0 Å². The number of nitrogens with one attached hydrogen (secondary N) is 1. The molecule has 0 aromatic rings. The van der Waals surface area contributed by atoms with Crippen LogP contribution in [0.4, 0.5) is 0 Å². The molecule has 2 aliphatic rings. The van der Waals surface area contributed by atoms with Gasteiger partial charge in [0.2, 0.25) is 11.8 Å². The van der Waals surface area contributed by atoms with E-state index in [-0.39, 0.29) is 42.2 Å². The lowest BCUT2D eigenvalue weighted by Crippen LogP contribution is -2.45. The number of likely N-dealkylation sites (tertiary alicyclic amines) is 1. The monoisotopic (exact) mass is 296 g/mol. The number of carbonyl (C=O) groups is 3. The Kier molecular flexibility index (Phi) is 5.33. The van der Waals surface area contributed by atoms with Gasteiger partial charge in [-0.05, 0) is 39.5 Å². The summed E-state index contributed by atoms with van der Waals surface area (Å²) in [5.41, 5.74) is 0. The number of carbonyl (C=O) groups excluding carboxylic acids is 3. The van der Waals surface area contributed by atoms with Crippen LogP contribution in [0, 0.1) is 5.92 Å². The summed E-state index contributed by atoms with van der Waals surface area (Å²) in [5, 5.41) is 3.29. The van der Waals surface area contributed by atoms with Gasteiger partial charge in [-0.2, -0.15) is 0 Å². The van der Waals surface area contributed by atoms with Gasteiger partial charge in [-0.3, -0.25) is 19.3 Å². The summed E-state index contributed by atoms with van der Waals surface area (Å²) in [6, 6.07) is -0.184. The van der Waals surface area contributed by atoms with Crippen LogP contribution in [0.5, 0.6) is 0 Å². The van der Waals surface area contributed by atoms with E-state index in [4.69, 9.17) is 4.74 Å². The van der Waals surface area contributed by atoms with E-state index >= 15 is 0 Å². The number of likely N-dealkylation sites (N-methyl/N-ethyl adjacent to an activating group) is 1. The normalized spacial score (nSPS) is 29.8. The molecule has 1 aliphatic heterocycles. The van der Waals surface area contributed by atoms with E-state index in [0.29, 0.717) is 13.2 Å². The zero-order chi connectivity index (χ0) is 15.4. The zero-order valence-corrected chi connectivity index (χ0v) is 12.8. The number of rotatable bonds is 5. The van der Waals surface area contributed by atoms with Gasteiger partial charge < -0.3 is 10.1 Å². The predicted octanol–water partition coefficient (Wildman–Crippen LogP) is 0.845. The van der Waals surface area contributed by atoms with Gasteiger partial charge in [-0.1, -0.05) is 0 Å². The minimum absolute atomic E-state index is 0.0175. The molecule has 21 heavy (non-hydrogen) atoms. The maximum Gasteiger partial charge on any atom is 0.308 e. The molecule has 2 amide bonds. The molecule has 0 bridgehead atoms. The van der Waals surface area contributed by atoms with Crippen molar-refractivity contribution in [2.24, 2.45) is 5.92 Å². The Bertz CT molecular complexity index is 416. The van der Waals surface area contributed by atoms with Crippen molar-refractivity contribution in [3.05, 3.63) is 0 Å². The second-order valence-corrected chi connectivity index (χ2v) is 5.70. The summed E-state index contributed by atoms with van der Waals surface area (Å²) in [6.45, 7) is 4.48. The van der Waals surface area contributed by atoms with E-state index in [2.05, 4.69) is 5.32 Å². The third-order valence-electron chi connectivity index (χ3n) is 4.34. The highest BCUT2D eigenvalue weighted by Crippen LogP contribution is 2.26. The molecule has 2 fully saturated rings. The number of esters is 1. The highest BCUT2D eigenvalue weighted by molar-refractivity contribution is 6.05. The van der Waals surface area contributed by atoms with Crippen LogP contribution in [0.1, 0.15) is 46.0 Å². The largest absolute Gasteiger partial charge is 0.466 e. The maximum absolute atomic E-state index is 12.0. The molecule has 1 unspecified atom stereocenters. The van der Waals surface area contributed by atoms with Gasteiger partial charge >= 0.3 is 5.97 Å². The van der Waals surface area contributed by atoms with Crippen molar-refractivity contribution in [1.29, 1.82) is 0 Å². The molecule has 2 rings (SSSR count). The highest BCUT2D eigenvalue weighted by atomic mass is 16.5. The van der Waals surface area contributed by atoms with Crippen LogP contribution in [0.25, 0.3) is 0 Å². The zero-order valence-electron chi connectivity index (χ0n) is 12.8. The smallest absolute Gasteiger partial charge is 0.308 e. The van der Waals surface area contributed by atoms with E-state index in [1.807, 2.05) is 13.8 Å². The molecule has 0 aromatic heterocycles. The fourth-order valence-corrected chi connectivity index (χ4v) is 3.19. The molecule has 0 radical (unpaired) electrons. The molecule has 1 atom stereocenters. The Morgan fingerprint density at radius 1 is 1.24 bits per heavy atom. The molecular weight excluding hydrogens is 272 g/mol. The molecule has 0 spiro atoms. The van der Waals surface area contributed by atoms with Crippen LogP contribution in [0.15, 0.2) is 0 Å². The Labute approximate surface area is 125 Å². The third-order valence-corrected chi connectivity index (χ3v) is 4.34. The van der Waals surface area contributed by atoms with Crippen molar-refractivity contribution in [3.63, 3.8) is 0 Å². The molecule has 6 nitrogen and oxygen atoms in total. The molecule has 1 N–H and O–H groups in total. The van der Waals surface area contributed by atoms with E-state index in [1.54, 1.807) is 0 Å². The van der Waals surface area contributed by atoms with Gasteiger partial charge in [0.1, 0.15) is 0 Å². The lowest BCUT2D eigenvalue weighted by atomic mass is 9.85. The minimum atomic E-state index is -0.387. The summed E-state index contributed by atoms with van der Waals surface area (Å²) in [7, 11) is 0. The number of nitrogens with zero attached hydrogens (tertiary/aromatic N) is 1. The summed E-state index contributed by atoms with van der Waals surface area (Å²) >= 11 is 0. The number of imide groups is 1. The fraction of sp³-hybridized carbons (Fsp3) is 0.800. The lowest BCUT2D eigenvalue weighted by molar-refractivity contribution is -0.149. The first-order valence-electron chi connectivity index (χ1n) is 7.83. The second-order valence-electron chi connectivity index (χ2n) is 5.70. The Morgan fingerprint density at radius 3 is 2.43 bits per heavy atom. The third kappa shape index (κ3) is 3.61.